The highest BCUT2D eigenvalue weighted by Gasteiger charge is 2.29. The molecule has 1 aromatic heterocycles. The number of nitrogens with one attached hydrogen (secondary N) is 1. The molecule has 1 heterocycles. The van der Waals surface area contributed by atoms with Crippen molar-refractivity contribution in [1.29, 1.82) is 0 Å². The van der Waals surface area contributed by atoms with Gasteiger partial charge in [0.15, 0.2) is 0 Å². The number of aliphatic hydroxyl groups excluding tert-OH is 1. The van der Waals surface area contributed by atoms with Crippen LogP contribution in [0.1, 0.15) is 23.0 Å². The molecular formula is C15H14F3NO3. The van der Waals surface area contributed by atoms with Gasteiger partial charge >= 0.3 is 6.18 Å². The second-order valence-corrected chi connectivity index (χ2v) is 4.71. The van der Waals surface area contributed by atoms with E-state index in [0.29, 0.717) is 11.3 Å². The number of hydrogen-bond acceptors (Lipinski definition) is 3. The molecule has 1 atom stereocenters. The predicted molar refractivity (Wildman–Crippen MR) is 71.8 cm³/mol. The van der Waals surface area contributed by atoms with Gasteiger partial charge in [-0.15, -0.1) is 0 Å². The minimum Gasteiger partial charge on any atom is -0.467 e. The average molecular weight is 313 g/mol. The van der Waals surface area contributed by atoms with Gasteiger partial charge in [-0.05, 0) is 29.8 Å². The molecule has 1 amide bonds. The van der Waals surface area contributed by atoms with E-state index >= 15 is 0 Å². The van der Waals surface area contributed by atoms with Crippen molar-refractivity contribution in [2.45, 2.75) is 18.7 Å². The summed E-state index contributed by atoms with van der Waals surface area (Å²) in [7, 11) is 0. The van der Waals surface area contributed by atoms with Crippen LogP contribution in [-0.4, -0.2) is 17.6 Å². The smallest absolute Gasteiger partial charge is 0.416 e. The second kappa shape index (κ2) is 6.65. The molecule has 4 nitrogen and oxygen atoms in total. The first-order valence-electron chi connectivity index (χ1n) is 6.50. The SMILES string of the molecule is O=C(Cc1ccc(C(F)(F)F)cc1)NCC(O)c1ccco1. The fourth-order valence-electron chi connectivity index (χ4n) is 1.85. The zero-order valence-corrected chi connectivity index (χ0v) is 11.4. The van der Waals surface area contributed by atoms with Crippen LogP contribution in [0.15, 0.2) is 47.1 Å². The topological polar surface area (TPSA) is 62.5 Å². The number of hydrogen-bond donors (Lipinski definition) is 2. The summed E-state index contributed by atoms with van der Waals surface area (Å²) in [5, 5.41) is 12.2. The molecule has 0 spiro atoms. The van der Waals surface area contributed by atoms with E-state index in [1.165, 1.54) is 18.4 Å². The summed E-state index contributed by atoms with van der Waals surface area (Å²) in [5.41, 5.74) is -0.303. The molecule has 22 heavy (non-hydrogen) atoms. The normalized spacial score (nSPS) is 12.9. The Hall–Kier alpha value is -2.28. The monoisotopic (exact) mass is 313 g/mol. The van der Waals surface area contributed by atoms with E-state index in [2.05, 4.69) is 5.32 Å². The molecule has 2 aromatic rings. The third-order valence-corrected chi connectivity index (χ3v) is 3.01. The van der Waals surface area contributed by atoms with Crippen molar-refractivity contribution in [2.75, 3.05) is 6.54 Å². The summed E-state index contributed by atoms with van der Waals surface area (Å²) >= 11 is 0. The lowest BCUT2D eigenvalue weighted by molar-refractivity contribution is -0.137. The highest BCUT2D eigenvalue weighted by atomic mass is 19.4. The number of amides is 1. The Labute approximate surface area is 124 Å². The number of benzene rings is 1. The molecule has 0 saturated carbocycles. The number of carbonyl (C=O) groups is 1. The summed E-state index contributed by atoms with van der Waals surface area (Å²) in [6.45, 7) is -0.0347. The molecule has 118 valence electrons. The number of furan rings is 1. The molecule has 2 N–H and O–H groups in total. The Kier molecular flexibility index (Phi) is 4.87. The van der Waals surface area contributed by atoms with Crippen LogP contribution in [0.5, 0.6) is 0 Å². The van der Waals surface area contributed by atoms with Gasteiger partial charge in [-0.3, -0.25) is 4.79 Å². The lowest BCUT2D eigenvalue weighted by Gasteiger charge is -2.10. The Morgan fingerprint density at radius 1 is 1.23 bits per heavy atom. The highest BCUT2D eigenvalue weighted by Crippen LogP contribution is 2.29. The molecule has 0 aliphatic carbocycles. The molecule has 7 heteroatoms. The van der Waals surface area contributed by atoms with Crippen molar-refractivity contribution in [3.8, 4) is 0 Å². The van der Waals surface area contributed by atoms with Gasteiger partial charge < -0.3 is 14.8 Å². The predicted octanol–water partition coefficient (Wildman–Crippen LogP) is 2.69. The molecule has 0 saturated heterocycles. The van der Waals surface area contributed by atoms with E-state index in [1.54, 1.807) is 12.1 Å². The van der Waals surface area contributed by atoms with Crippen LogP contribution in [0.4, 0.5) is 13.2 Å². The van der Waals surface area contributed by atoms with Gasteiger partial charge in [0.1, 0.15) is 11.9 Å². The van der Waals surface area contributed by atoms with E-state index in [4.69, 9.17) is 4.42 Å². The van der Waals surface area contributed by atoms with Crippen LogP contribution in [0.3, 0.4) is 0 Å². The molecule has 0 radical (unpaired) electrons. The maximum Gasteiger partial charge on any atom is 0.416 e. The molecule has 1 unspecified atom stereocenters. The van der Waals surface area contributed by atoms with E-state index in [0.717, 1.165) is 12.1 Å². The van der Waals surface area contributed by atoms with Crippen molar-refractivity contribution in [3.63, 3.8) is 0 Å². The number of rotatable bonds is 5. The molecule has 0 aliphatic rings. The Bertz CT molecular complexity index is 606. The van der Waals surface area contributed by atoms with Crippen molar-refractivity contribution >= 4 is 5.91 Å². The molecule has 2 rings (SSSR count). The fraction of sp³-hybridized carbons (Fsp3) is 0.267. The molecule has 0 fully saturated rings. The summed E-state index contributed by atoms with van der Waals surface area (Å²) in [6.07, 6.45) is -4.02. The van der Waals surface area contributed by atoms with Crippen molar-refractivity contribution in [2.24, 2.45) is 0 Å². The molecule has 0 bridgehead atoms. The van der Waals surface area contributed by atoms with E-state index < -0.39 is 23.8 Å². The molecule has 0 aliphatic heterocycles. The minimum atomic E-state index is -4.39. The molecular weight excluding hydrogens is 299 g/mol. The van der Waals surface area contributed by atoms with Crippen LogP contribution >= 0.6 is 0 Å². The molecule has 1 aromatic carbocycles. The van der Waals surface area contributed by atoms with Gasteiger partial charge in [-0.25, -0.2) is 0 Å². The van der Waals surface area contributed by atoms with Crippen molar-refractivity contribution in [1.82, 2.24) is 5.32 Å². The largest absolute Gasteiger partial charge is 0.467 e. The first-order chi connectivity index (χ1) is 10.4. The van der Waals surface area contributed by atoms with Gasteiger partial charge in [0.25, 0.3) is 0 Å². The van der Waals surface area contributed by atoms with Crippen LogP contribution in [0.25, 0.3) is 0 Å². The maximum absolute atomic E-state index is 12.4. The summed E-state index contributed by atoms with van der Waals surface area (Å²) < 4.78 is 42.2. The average Bonchev–Trinajstić information content (AvgIpc) is 2.98. The highest BCUT2D eigenvalue weighted by molar-refractivity contribution is 5.78. The van der Waals surface area contributed by atoms with Crippen LogP contribution in [0, 0.1) is 0 Å². The maximum atomic E-state index is 12.4. The Morgan fingerprint density at radius 2 is 1.91 bits per heavy atom. The summed E-state index contributed by atoms with van der Waals surface area (Å²) in [6, 6.07) is 7.56. The van der Waals surface area contributed by atoms with Crippen LogP contribution in [0.2, 0.25) is 0 Å². The number of alkyl halides is 3. The summed E-state index contributed by atoms with van der Waals surface area (Å²) in [5.74, 6) is -0.0693. The first kappa shape index (κ1) is 16.1. The zero-order chi connectivity index (χ0) is 16.2. The van der Waals surface area contributed by atoms with Crippen molar-refractivity contribution < 1.29 is 27.5 Å². The third-order valence-electron chi connectivity index (χ3n) is 3.01. The lowest BCUT2D eigenvalue weighted by Crippen LogP contribution is -2.29. The third kappa shape index (κ3) is 4.36. The second-order valence-electron chi connectivity index (χ2n) is 4.71. The van der Waals surface area contributed by atoms with Crippen molar-refractivity contribution in [3.05, 3.63) is 59.5 Å². The fourth-order valence-corrected chi connectivity index (χ4v) is 1.85. The van der Waals surface area contributed by atoms with Crippen LogP contribution in [-0.2, 0) is 17.4 Å². The van der Waals surface area contributed by atoms with E-state index in [-0.39, 0.29) is 13.0 Å². The quantitative estimate of drug-likeness (QED) is 0.892. The lowest BCUT2D eigenvalue weighted by atomic mass is 10.1. The van der Waals surface area contributed by atoms with Crippen LogP contribution < -0.4 is 5.32 Å². The standard InChI is InChI=1S/C15H14F3NO3/c16-15(17,18)11-5-3-10(4-6-11)8-14(21)19-9-12(20)13-2-1-7-22-13/h1-7,12,20H,8-9H2,(H,19,21). The first-order valence-corrected chi connectivity index (χ1v) is 6.50. The Balaban J connectivity index is 1.84. The number of carbonyl (C=O) groups excluding carboxylic acids is 1. The number of aliphatic hydroxyl groups is 1. The van der Waals surface area contributed by atoms with Gasteiger partial charge in [0.05, 0.1) is 24.8 Å². The van der Waals surface area contributed by atoms with Gasteiger partial charge in [-0.1, -0.05) is 12.1 Å². The van der Waals surface area contributed by atoms with E-state index in [1.807, 2.05) is 0 Å². The van der Waals surface area contributed by atoms with Gasteiger partial charge in [0, 0.05) is 0 Å². The Morgan fingerprint density at radius 3 is 2.45 bits per heavy atom. The van der Waals surface area contributed by atoms with E-state index in [9.17, 15) is 23.1 Å². The van der Waals surface area contributed by atoms with Gasteiger partial charge in [0.2, 0.25) is 5.91 Å². The number of halogens is 3. The van der Waals surface area contributed by atoms with Gasteiger partial charge in [-0.2, -0.15) is 13.2 Å². The summed E-state index contributed by atoms with van der Waals surface area (Å²) in [4.78, 5) is 11.7. The zero-order valence-electron chi connectivity index (χ0n) is 11.4. The minimum absolute atomic E-state index is 0.0347.